The van der Waals surface area contributed by atoms with Crippen molar-refractivity contribution in [2.45, 2.75) is 32.6 Å². The van der Waals surface area contributed by atoms with Crippen molar-refractivity contribution in [3.05, 3.63) is 11.8 Å². The first kappa shape index (κ1) is 8.98. The lowest BCUT2D eigenvalue weighted by Gasteiger charge is -2.33. The van der Waals surface area contributed by atoms with Crippen LogP contribution in [-0.2, 0) is 0 Å². The van der Waals surface area contributed by atoms with E-state index in [0.717, 1.165) is 0 Å². The van der Waals surface area contributed by atoms with Gasteiger partial charge in [0.05, 0.1) is 4.87 Å². The minimum Gasteiger partial charge on any atom is -0.360 e. The number of hydrogen-bond donors (Lipinski definition) is 0. The van der Waals surface area contributed by atoms with E-state index in [-0.39, 0.29) is 0 Å². The van der Waals surface area contributed by atoms with E-state index in [1.54, 1.807) is 0 Å². The second-order valence-electron chi connectivity index (χ2n) is 3.38. The van der Waals surface area contributed by atoms with Crippen LogP contribution in [-0.4, -0.2) is 22.1 Å². The predicted octanol–water partition coefficient (Wildman–Crippen LogP) is 2.70. The monoisotopic (exact) mass is 171 g/mol. The van der Waals surface area contributed by atoms with Gasteiger partial charge in [-0.15, -0.1) is 11.8 Å². The molecule has 1 aliphatic rings. The second kappa shape index (κ2) is 3.10. The molecule has 1 aliphatic heterocycles. The summed E-state index contributed by atoms with van der Waals surface area (Å²) in [4.78, 5) is 2.79. The molecule has 1 rings (SSSR count). The summed E-state index contributed by atoms with van der Waals surface area (Å²) in [7, 11) is 0. The summed E-state index contributed by atoms with van der Waals surface area (Å²) in [6.45, 7) is 10.1. The van der Waals surface area contributed by atoms with E-state index in [1.165, 1.54) is 18.0 Å². The van der Waals surface area contributed by atoms with Gasteiger partial charge in [0, 0.05) is 18.0 Å². The molecule has 1 saturated heterocycles. The van der Waals surface area contributed by atoms with Crippen LogP contribution in [0.2, 0.25) is 0 Å². The SMILES string of the molecule is C/C=C(\C)N1CCSC1(C)C. The molecule has 1 fully saturated rings. The molecule has 0 saturated carbocycles. The number of thioether (sulfide) groups is 1. The van der Waals surface area contributed by atoms with Crippen molar-refractivity contribution in [3.8, 4) is 0 Å². The van der Waals surface area contributed by atoms with Crippen LogP contribution >= 0.6 is 11.8 Å². The Bertz CT molecular complexity index is 172. The molecule has 0 radical (unpaired) electrons. The molecule has 0 aromatic rings. The Labute approximate surface area is 73.8 Å². The molecule has 0 N–H and O–H groups in total. The zero-order chi connectivity index (χ0) is 8.48. The zero-order valence-electron chi connectivity index (χ0n) is 7.85. The standard InChI is InChI=1S/C9H17NS/c1-5-8(2)10-6-7-11-9(10,3)4/h5H,6-7H2,1-4H3/b8-5+. The molecular formula is C9H17NS. The van der Waals surface area contributed by atoms with Crippen molar-refractivity contribution in [2.75, 3.05) is 12.3 Å². The topological polar surface area (TPSA) is 3.24 Å². The average molecular weight is 171 g/mol. The van der Waals surface area contributed by atoms with Gasteiger partial charge in [0.1, 0.15) is 0 Å². The van der Waals surface area contributed by atoms with Gasteiger partial charge in [-0.05, 0) is 27.7 Å². The van der Waals surface area contributed by atoms with Crippen LogP contribution in [0.3, 0.4) is 0 Å². The first-order chi connectivity index (χ1) is 5.08. The molecule has 64 valence electrons. The van der Waals surface area contributed by atoms with Gasteiger partial charge >= 0.3 is 0 Å². The Morgan fingerprint density at radius 2 is 2.18 bits per heavy atom. The Morgan fingerprint density at radius 1 is 1.55 bits per heavy atom. The smallest absolute Gasteiger partial charge is 0.0802 e. The summed E-state index contributed by atoms with van der Waals surface area (Å²) in [5.74, 6) is 1.26. The molecule has 1 heterocycles. The Kier molecular flexibility index (Phi) is 2.53. The van der Waals surface area contributed by atoms with E-state index >= 15 is 0 Å². The van der Waals surface area contributed by atoms with Gasteiger partial charge in [-0.25, -0.2) is 0 Å². The van der Waals surface area contributed by atoms with Crippen LogP contribution in [0.25, 0.3) is 0 Å². The fourth-order valence-corrected chi connectivity index (χ4v) is 2.66. The van der Waals surface area contributed by atoms with Crippen LogP contribution in [0, 0.1) is 0 Å². The lowest BCUT2D eigenvalue weighted by molar-refractivity contribution is 0.288. The van der Waals surface area contributed by atoms with E-state index in [9.17, 15) is 0 Å². The van der Waals surface area contributed by atoms with E-state index in [0.29, 0.717) is 4.87 Å². The molecule has 2 heteroatoms. The van der Waals surface area contributed by atoms with E-state index in [2.05, 4.69) is 38.7 Å². The minimum absolute atomic E-state index is 0.316. The van der Waals surface area contributed by atoms with E-state index in [1.807, 2.05) is 11.8 Å². The number of hydrogen-bond acceptors (Lipinski definition) is 2. The van der Waals surface area contributed by atoms with Crippen LogP contribution < -0.4 is 0 Å². The Balaban J connectivity index is 2.73. The van der Waals surface area contributed by atoms with Crippen molar-refractivity contribution >= 4 is 11.8 Å². The van der Waals surface area contributed by atoms with Crippen LogP contribution in [0.15, 0.2) is 11.8 Å². The fraction of sp³-hybridized carbons (Fsp3) is 0.778. The van der Waals surface area contributed by atoms with Crippen LogP contribution in [0.5, 0.6) is 0 Å². The van der Waals surface area contributed by atoms with Crippen molar-refractivity contribution in [2.24, 2.45) is 0 Å². The lowest BCUT2D eigenvalue weighted by Crippen LogP contribution is -2.34. The number of allylic oxidation sites excluding steroid dienone is 2. The van der Waals surface area contributed by atoms with Crippen LogP contribution in [0.4, 0.5) is 0 Å². The maximum Gasteiger partial charge on any atom is 0.0802 e. The molecule has 0 aromatic carbocycles. The maximum absolute atomic E-state index is 2.47. The normalized spacial score (nSPS) is 24.4. The second-order valence-corrected chi connectivity index (χ2v) is 5.07. The number of nitrogens with zero attached hydrogens (tertiary/aromatic N) is 1. The molecule has 11 heavy (non-hydrogen) atoms. The molecule has 0 aromatic heterocycles. The van der Waals surface area contributed by atoms with Crippen molar-refractivity contribution in [3.63, 3.8) is 0 Å². The van der Waals surface area contributed by atoms with Gasteiger partial charge in [0.25, 0.3) is 0 Å². The molecular weight excluding hydrogens is 154 g/mol. The molecule has 0 bridgehead atoms. The minimum atomic E-state index is 0.316. The van der Waals surface area contributed by atoms with E-state index < -0.39 is 0 Å². The molecule has 0 unspecified atom stereocenters. The molecule has 0 spiro atoms. The highest BCUT2D eigenvalue weighted by molar-refractivity contribution is 8.00. The number of rotatable bonds is 1. The Hall–Kier alpha value is -0.110. The van der Waals surface area contributed by atoms with Crippen molar-refractivity contribution in [1.29, 1.82) is 0 Å². The third-order valence-corrected chi connectivity index (χ3v) is 3.58. The summed E-state index contributed by atoms with van der Waals surface area (Å²) >= 11 is 2.04. The third-order valence-electron chi connectivity index (χ3n) is 2.26. The largest absolute Gasteiger partial charge is 0.360 e. The summed E-state index contributed by atoms with van der Waals surface area (Å²) in [5.41, 5.74) is 1.40. The highest BCUT2D eigenvalue weighted by Crippen LogP contribution is 2.37. The third kappa shape index (κ3) is 1.73. The summed E-state index contributed by atoms with van der Waals surface area (Å²) < 4.78 is 0. The molecule has 0 aliphatic carbocycles. The van der Waals surface area contributed by atoms with Crippen molar-refractivity contribution in [1.82, 2.24) is 4.90 Å². The Morgan fingerprint density at radius 3 is 2.55 bits per heavy atom. The first-order valence-corrected chi connectivity index (χ1v) is 5.11. The van der Waals surface area contributed by atoms with Gasteiger partial charge in [-0.2, -0.15) is 0 Å². The van der Waals surface area contributed by atoms with Gasteiger partial charge in [0.15, 0.2) is 0 Å². The van der Waals surface area contributed by atoms with Gasteiger partial charge in [-0.1, -0.05) is 6.08 Å². The summed E-state index contributed by atoms with van der Waals surface area (Å²) in [6, 6.07) is 0. The van der Waals surface area contributed by atoms with Gasteiger partial charge in [-0.3, -0.25) is 0 Å². The van der Waals surface area contributed by atoms with Gasteiger partial charge in [0.2, 0.25) is 0 Å². The zero-order valence-corrected chi connectivity index (χ0v) is 8.66. The van der Waals surface area contributed by atoms with Crippen LogP contribution in [0.1, 0.15) is 27.7 Å². The van der Waals surface area contributed by atoms with Crippen molar-refractivity contribution < 1.29 is 0 Å². The summed E-state index contributed by atoms with van der Waals surface area (Å²) in [6.07, 6.45) is 2.19. The fourth-order valence-electron chi connectivity index (χ4n) is 1.49. The highest BCUT2D eigenvalue weighted by Gasteiger charge is 2.32. The first-order valence-electron chi connectivity index (χ1n) is 4.12. The highest BCUT2D eigenvalue weighted by atomic mass is 32.2. The lowest BCUT2D eigenvalue weighted by atomic mass is 10.2. The average Bonchev–Trinajstić information content (AvgIpc) is 2.28. The quantitative estimate of drug-likeness (QED) is 0.597. The molecule has 0 atom stereocenters. The molecule has 1 nitrogen and oxygen atoms in total. The molecule has 0 amide bonds. The predicted molar refractivity (Wildman–Crippen MR) is 52.7 cm³/mol. The maximum atomic E-state index is 2.47. The summed E-state index contributed by atoms with van der Waals surface area (Å²) in [5, 5.41) is 0. The van der Waals surface area contributed by atoms with E-state index in [4.69, 9.17) is 0 Å². The van der Waals surface area contributed by atoms with Gasteiger partial charge < -0.3 is 4.90 Å².